The van der Waals surface area contributed by atoms with Gasteiger partial charge in [-0.1, -0.05) is 87.5 Å². The molecule has 33 heavy (non-hydrogen) atoms. The molecular formula is C28H34N2O2S. The van der Waals surface area contributed by atoms with Crippen molar-refractivity contribution in [2.45, 2.75) is 46.2 Å². The lowest BCUT2D eigenvalue weighted by molar-refractivity contribution is -0.142. The first-order valence-electron chi connectivity index (χ1n) is 11.7. The maximum absolute atomic E-state index is 13.6. The highest BCUT2D eigenvalue weighted by atomic mass is 32.1. The van der Waals surface area contributed by atoms with Gasteiger partial charge in [-0.3, -0.25) is 9.59 Å². The number of rotatable bonds is 11. The Balaban J connectivity index is 1.81. The highest BCUT2D eigenvalue weighted by Crippen LogP contribution is 2.23. The molecule has 3 rings (SSSR count). The number of amides is 2. The molecule has 0 fully saturated rings. The Kier molecular flexibility index (Phi) is 9.25. The summed E-state index contributed by atoms with van der Waals surface area (Å²) in [5.41, 5.74) is 2.09. The van der Waals surface area contributed by atoms with E-state index in [-0.39, 0.29) is 30.2 Å². The second-order valence-corrected chi connectivity index (χ2v) is 9.83. The minimum Gasteiger partial charge on any atom is -0.333 e. The Morgan fingerprint density at radius 2 is 1.52 bits per heavy atom. The van der Waals surface area contributed by atoms with Crippen molar-refractivity contribution >= 4 is 23.2 Å². The van der Waals surface area contributed by atoms with Crippen LogP contribution < -0.4 is 0 Å². The van der Waals surface area contributed by atoms with Crippen LogP contribution >= 0.6 is 11.3 Å². The molecule has 0 saturated carbocycles. The van der Waals surface area contributed by atoms with Crippen molar-refractivity contribution < 1.29 is 9.59 Å². The molecule has 0 unspecified atom stereocenters. The van der Waals surface area contributed by atoms with E-state index in [0.717, 1.165) is 16.0 Å². The molecule has 1 atom stereocenters. The molecule has 0 N–H and O–H groups in total. The van der Waals surface area contributed by atoms with E-state index in [9.17, 15) is 9.59 Å². The Bertz CT molecular complexity index is 987. The van der Waals surface area contributed by atoms with Gasteiger partial charge in [-0.2, -0.15) is 0 Å². The highest BCUT2D eigenvalue weighted by Gasteiger charge is 2.28. The summed E-state index contributed by atoms with van der Waals surface area (Å²) in [6, 6.07) is 24.0. The van der Waals surface area contributed by atoms with Crippen molar-refractivity contribution in [2.75, 3.05) is 13.1 Å². The van der Waals surface area contributed by atoms with E-state index in [0.29, 0.717) is 26.1 Å². The van der Waals surface area contributed by atoms with Crippen molar-refractivity contribution in [3.8, 4) is 0 Å². The van der Waals surface area contributed by atoms with Crippen LogP contribution in [0.5, 0.6) is 0 Å². The van der Waals surface area contributed by atoms with Crippen LogP contribution in [0.25, 0.3) is 0 Å². The monoisotopic (exact) mass is 462 g/mol. The molecule has 0 spiro atoms. The fourth-order valence-corrected chi connectivity index (χ4v) is 4.74. The summed E-state index contributed by atoms with van der Waals surface area (Å²) >= 11 is 1.65. The first-order valence-corrected chi connectivity index (χ1v) is 12.5. The van der Waals surface area contributed by atoms with E-state index in [1.54, 1.807) is 16.2 Å². The fraction of sp³-hybridized carbons (Fsp3) is 0.357. The summed E-state index contributed by atoms with van der Waals surface area (Å²) in [6.07, 6.45) is 0.703. The number of carbonyl (C=O) groups excluding carboxylic acids is 2. The maximum atomic E-state index is 13.6. The standard InChI is InChI=1S/C28H34N2O2S/c1-4-26(24-14-9-6-10-15-24)28(32)30(18-22(2)3)21-27(31)29(20-25-16-11-17-33-25)19-23-12-7-5-8-13-23/h5-17,22,26H,4,18-21H2,1-3H3/t26-/m0/s1. The molecule has 5 heteroatoms. The third kappa shape index (κ3) is 7.29. The van der Waals surface area contributed by atoms with Gasteiger partial charge < -0.3 is 9.80 Å². The fourth-order valence-electron chi connectivity index (χ4n) is 4.02. The van der Waals surface area contributed by atoms with Crippen LogP contribution in [0.15, 0.2) is 78.2 Å². The van der Waals surface area contributed by atoms with Crippen LogP contribution in [0, 0.1) is 5.92 Å². The van der Waals surface area contributed by atoms with Crippen LogP contribution in [0.1, 0.15) is 49.1 Å². The first-order chi connectivity index (χ1) is 16.0. The number of thiophene rings is 1. The van der Waals surface area contributed by atoms with Gasteiger partial charge in [-0.05, 0) is 34.9 Å². The molecule has 2 aromatic carbocycles. The van der Waals surface area contributed by atoms with Crippen LogP contribution in [-0.2, 0) is 22.7 Å². The zero-order valence-electron chi connectivity index (χ0n) is 19.8. The third-order valence-electron chi connectivity index (χ3n) is 5.63. The van der Waals surface area contributed by atoms with Gasteiger partial charge in [0.1, 0.15) is 0 Å². The summed E-state index contributed by atoms with van der Waals surface area (Å²) in [7, 11) is 0. The Morgan fingerprint density at radius 1 is 0.848 bits per heavy atom. The van der Waals surface area contributed by atoms with Gasteiger partial charge in [0.2, 0.25) is 11.8 Å². The molecule has 0 bridgehead atoms. The minimum absolute atomic E-state index is 0.0239. The van der Waals surface area contributed by atoms with E-state index < -0.39 is 0 Å². The number of hydrogen-bond donors (Lipinski definition) is 0. The van der Waals surface area contributed by atoms with Gasteiger partial charge in [0, 0.05) is 18.0 Å². The molecule has 1 heterocycles. The zero-order chi connectivity index (χ0) is 23.6. The number of hydrogen-bond acceptors (Lipinski definition) is 3. The van der Waals surface area contributed by atoms with Gasteiger partial charge in [-0.15, -0.1) is 11.3 Å². The van der Waals surface area contributed by atoms with E-state index in [4.69, 9.17) is 0 Å². The van der Waals surface area contributed by atoms with E-state index in [1.165, 1.54) is 0 Å². The number of nitrogens with zero attached hydrogens (tertiary/aromatic N) is 2. The largest absolute Gasteiger partial charge is 0.333 e. The van der Waals surface area contributed by atoms with Gasteiger partial charge >= 0.3 is 0 Å². The molecular weight excluding hydrogens is 428 g/mol. The average molecular weight is 463 g/mol. The summed E-state index contributed by atoms with van der Waals surface area (Å²) in [5, 5.41) is 2.03. The first kappa shape index (κ1) is 24.7. The maximum Gasteiger partial charge on any atom is 0.242 e. The van der Waals surface area contributed by atoms with Gasteiger partial charge in [-0.25, -0.2) is 0 Å². The predicted molar refractivity (Wildman–Crippen MR) is 136 cm³/mol. The van der Waals surface area contributed by atoms with Crippen LogP contribution in [0.3, 0.4) is 0 Å². The van der Waals surface area contributed by atoms with Crippen molar-refractivity contribution in [1.29, 1.82) is 0 Å². The van der Waals surface area contributed by atoms with Crippen molar-refractivity contribution in [3.05, 3.63) is 94.2 Å². The van der Waals surface area contributed by atoms with Gasteiger partial charge in [0.05, 0.1) is 19.0 Å². The summed E-state index contributed by atoms with van der Waals surface area (Å²) in [4.78, 5) is 31.9. The summed E-state index contributed by atoms with van der Waals surface area (Å²) < 4.78 is 0. The van der Waals surface area contributed by atoms with Crippen LogP contribution in [0.4, 0.5) is 0 Å². The number of benzene rings is 2. The van der Waals surface area contributed by atoms with Crippen LogP contribution in [0.2, 0.25) is 0 Å². The van der Waals surface area contributed by atoms with Gasteiger partial charge in [0.15, 0.2) is 0 Å². The van der Waals surface area contributed by atoms with E-state index in [2.05, 4.69) is 19.9 Å². The lowest BCUT2D eigenvalue weighted by atomic mass is 9.94. The molecule has 2 amide bonds. The van der Waals surface area contributed by atoms with Gasteiger partial charge in [0.25, 0.3) is 0 Å². The SMILES string of the molecule is CC[C@H](C(=O)N(CC(=O)N(Cc1ccccc1)Cc1cccs1)CC(C)C)c1ccccc1. The molecule has 3 aromatic rings. The van der Waals surface area contributed by atoms with Crippen molar-refractivity contribution in [2.24, 2.45) is 5.92 Å². The molecule has 0 radical (unpaired) electrons. The smallest absolute Gasteiger partial charge is 0.242 e. The lowest BCUT2D eigenvalue weighted by Gasteiger charge is -2.31. The van der Waals surface area contributed by atoms with Crippen molar-refractivity contribution in [1.82, 2.24) is 9.80 Å². The Labute approximate surface area is 201 Å². The van der Waals surface area contributed by atoms with Crippen LogP contribution in [-0.4, -0.2) is 34.7 Å². The molecule has 174 valence electrons. The zero-order valence-corrected chi connectivity index (χ0v) is 20.6. The number of carbonyl (C=O) groups is 2. The Morgan fingerprint density at radius 3 is 2.09 bits per heavy atom. The topological polar surface area (TPSA) is 40.6 Å². The third-order valence-corrected chi connectivity index (χ3v) is 6.49. The lowest BCUT2D eigenvalue weighted by Crippen LogP contribution is -2.45. The minimum atomic E-state index is -0.238. The average Bonchev–Trinajstić information content (AvgIpc) is 3.33. The predicted octanol–water partition coefficient (Wildman–Crippen LogP) is 5.96. The molecule has 0 aliphatic rings. The quantitative estimate of drug-likeness (QED) is 0.353. The second kappa shape index (κ2) is 12.4. The molecule has 0 saturated heterocycles. The van der Waals surface area contributed by atoms with E-state index >= 15 is 0 Å². The summed E-state index contributed by atoms with van der Waals surface area (Å²) in [5.74, 6) is 0.0400. The molecule has 0 aliphatic heterocycles. The molecule has 4 nitrogen and oxygen atoms in total. The Hall–Kier alpha value is -2.92. The van der Waals surface area contributed by atoms with E-state index in [1.807, 2.05) is 83.9 Å². The molecule has 1 aromatic heterocycles. The normalized spacial score (nSPS) is 11.9. The summed E-state index contributed by atoms with van der Waals surface area (Å²) in [6.45, 7) is 7.93. The highest BCUT2D eigenvalue weighted by molar-refractivity contribution is 7.09. The second-order valence-electron chi connectivity index (χ2n) is 8.80. The van der Waals surface area contributed by atoms with Crippen molar-refractivity contribution in [3.63, 3.8) is 0 Å². The molecule has 0 aliphatic carbocycles.